The molecule has 1 fully saturated rings. The van der Waals surface area contributed by atoms with Gasteiger partial charge in [0.2, 0.25) is 0 Å². The van der Waals surface area contributed by atoms with E-state index < -0.39 is 12.7 Å². The summed E-state index contributed by atoms with van der Waals surface area (Å²) in [6.45, 7) is -0.240. The number of aliphatic imine (C=N–C) groups is 1. The van der Waals surface area contributed by atoms with Gasteiger partial charge in [0.15, 0.2) is 5.96 Å². The standard InChI is InChI=1S/C21H24F3N3O2.HI/c1-2-25-21(27-18-11-16(18)15-5-3-4-6-17(15)22)26-12-19(28)13-7-9-14(10-8-13)29-20(23)24;/h3-10,16,18-20,28H,2,11-12H2,1H3,(H2,25,26,27);1H. The topological polar surface area (TPSA) is 65.9 Å². The first kappa shape index (κ1) is 24.3. The van der Waals surface area contributed by atoms with Gasteiger partial charge in [-0.25, -0.2) is 4.39 Å². The lowest BCUT2D eigenvalue weighted by atomic mass is 10.1. The quantitative estimate of drug-likeness (QED) is 0.270. The van der Waals surface area contributed by atoms with Gasteiger partial charge in [-0.15, -0.1) is 24.0 Å². The Morgan fingerprint density at radius 1 is 1.20 bits per heavy atom. The zero-order chi connectivity index (χ0) is 20.8. The van der Waals surface area contributed by atoms with Crippen LogP contribution in [-0.4, -0.2) is 36.8 Å². The second kappa shape index (κ2) is 11.4. The number of halogens is 4. The van der Waals surface area contributed by atoms with Gasteiger partial charge in [-0.2, -0.15) is 8.78 Å². The molecule has 3 rings (SSSR count). The minimum Gasteiger partial charge on any atom is -0.435 e. The Kier molecular flexibility index (Phi) is 9.22. The minimum absolute atomic E-state index is 0. The number of nitrogens with one attached hydrogen (secondary N) is 2. The fourth-order valence-corrected chi connectivity index (χ4v) is 3.12. The van der Waals surface area contributed by atoms with Gasteiger partial charge < -0.3 is 20.5 Å². The van der Waals surface area contributed by atoms with Crippen LogP contribution in [0.2, 0.25) is 0 Å². The molecule has 30 heavy (non-hydrogen) atoms. The van der Waals surface area contributed by atoms with E-state index >= 15 is 0 Å². The molecule has 0 aliphatic heterocycles. The molecule has 3 unspecified atom stereocenters. The van der Waals surface area contributed by atoms with Crippen molar-refractivity contribution < 1.29 is 23.0 Å². The molecule has 1 aliphatic carbocycles. The minimum atomic E-state index is -2.89. The molecule has 0 heterocycles. The molecule has 1 aliphatic rings. The predicted octanol–water partition coefficient (Wildman–Crippen LogP) is 4.19. The van der Waals surface area contributed by atoms with Crippen LogP contribution >= 0.6 is 24.0 Å². The van der Waals surface area contributed by atoms with E-state index in [2.05, 4.69) is 20.4 Å². The number of hydrogen-bond acceptors (Lipinski definition) is 3. The van der Waals surface area contributed by atoms with Gasteiger partial charge in [0.1, 0.15) is 11.6 Å². The Labute approximate surface area is 190 Å². The summed E-state index contributed by atoms with van der Waals surface area (Å²) < 4.78 is 42.6. The summed E-state index contributed by atoms with van der Waals surface area (Å²) in [6.07, 6.45) is -0.0907. The highest BCUT2D eigenvalue weighted by molar-refractivity contribution is 14.0. The summed E-state index contributed by atoms with van der Waals surface area (Å²) >= 11 is 0. The highest BCUT2D eigenvalue weighted by atomic mass is 127. The van der Waals surface area contributed by atoms with Crippen LogP contribution in [-0.2, 0) is 0 Å². The Balaban J connectivity index is 0.00000320. The van der Waals surface area contributed by atoms with Gasteiger partial charge in [-0.3, -0.25) is 4.99 Å². The van der Waals surface area contributed by atoms with E-state index in [1.54, 1.807) is 12.1 Å². The van der Waals surface area contributed by atoms with Crippen LogP contribution in [0.25, 0.3) is 0 Å². The molecule has 164 valence electrons. The summed E-state index contributed by atoms with van der Waals surface area (Å²) in [7, 11) is 0. The zero-order valence-electron chi connectivity index (χ0n) is 16.4. The van der Waals surface area contributed by atoms with E-state index in [9.17, 15) is 18.3 Å². The van der Waals surface area contributed by atoms with Crippen molar-refractivity contribution in [1.29, 1.82) is 0 Å². The molecule has 5 nitrogen and oxygen atoms in total. The number of nitrogens with zero attached hydrogens (tertiary/aromatic N) is 1. The van der Waals surface area contributed by atoms with Gasteiger partial charge in [-0.1, -0.05) is 30.3 Å². The predicted molar refractivity (Wildman–Crippen MR) is 120 cm³/mol. The van der Waals surface area contributed by atoms with Crippen molar-refractivity contribution in [2.75, 3.05) is 13.1 Å². The Bertz CT molecular complexity index is 837. The fourth-order valence-electron chi connectivity index (χ4n) is 3.12. The lowest BCUT2D eigenvalue weighted by Crippen LogP contribution is -2.39. The number of alkyl halides is 2. The van der Waals surface area contributed by atoms with Gasteiger partial charge in [0, 0.05) is 18.5 Å². The number of ether oxygens (including phenoxy) is 1. The molecule has 0 bridgehead atoms. The number of aliphatic hydroxyl groups excluding tert-OH is 1. The molecule has 0 amide bonds. The third-order valence-electron chi connectivity index (χ3n) is 4.67. The van der Waals surface area contributed by atoms with Crippen molar-refractivity contribution in [3.05, 3.63) is 65.5 Å². The lowest BCUT2D eigenvalue weighted by Gasteiger charge is -2.14. The maximum Gasteiger partial charge on any atom is 0.387 e. The van der Waals surface area contributed by atoms with E-state index in [0.717, 1.165) is 6.42 Å². The third kappa shape index (κ3) is 6.76. The van der Waals surface area contributed by atoms with Gasteiger partial charge in [-0.05, 0) is 42.7 Å². The normalized spacial score (nSPS) is 19.1. The largest absolute Gasteiger partial charge is 0.435 e. The van der Waals surface area contributed by atoms with Crippen LogP contribution in [0.3, 0.4) is 0 Å². The third-order valence-corrected chi connectivity index (χ3v) is 4.67. The van der Waals surface area contributed by atoms with E-state index in [1.807, 2.05) is 13.0 Å². The van der Waals surface area contributed by atoms with Crippen LogP contribution < -0.4 is 15.4 Å². The van der Waals surface area contributed by atoms with Crippen LogP contribution in [0.5, 0.6) is 5.75 Å². The second-order valence-corrected chi connectivity index (χ2v) is 6.80. The number of guanidine groups is 1. The molecular formula is C21H25F3IN3O2. The molecule has 0 aromatic heterocycles. The highest BCUT2D eigenvalue weighted by Gasteiger charge is 2.40. The average Bonchev–Trinajstić information content (AvgIpc) is 3.45. The number of benzene rings is 2. The Hall–Kier alpha value is -2.01. The van der Waals surface area contributed by atoms with E-state index in [0.29, 0.717) is 23.6 Å². The van der Waals surface area contributed by atoms with Crippen LogP contribution in [0.1, 0.15) is 36.5 Å². The van der Waals surface area contributed by atoms with Crippen molar-refractivity contribution >= 4 is 29.9 Å². The summed E-state index contributed by atoms with van der Waals surface area (Å²) in [4.78, 5) is 4.39. The maximum absolute atomic E-state index is 13.9. The summed E-state index contributed by atoms with van der Waals surface area (Å²) in [5, 5.41) is 16.7. The number of aliphatic hydroxyl groups is 1. The first-order chi connectivity index (χ1) is 14.0. The average molecular weight is 535 g/mol. The molecule has 2 aromatic rings. The van der Waals surface area contributed by atoms with E-state index in [-0.39, 0.29) is 54.0 Å². The fraction of sp³-hybridized carbons (Fsp3) is 0.381. The molecule has 0 spiro atoms. The summed E-state index contributed by atoms with van der Waals surface area (Å²) in [5.74, 6) is 0.446. The molecular weight excluding hydrogens is 510 g/mol. The zero-order valence-corrected chi connectivity index (χ0v) is 18.7. The van der Waals surface area contributed by atoms with Gasteiger partial charge in [0.25, 0.3) is 0 Å². The Morgan fingerprint density at radius 3 is 2.53 bits per heavy atom. The number of hydrogen-bond donors (Lipinski definition) is 3. The molecule has 3 N–H and O–H groups in total. The molecule has 2 aromatic carbocycles. The molecule has 9 heteroatoms. The van der Waals surface area contributed by atoms with Crippen molar-refractivity contribution in [2.24, 2.45) is 4.99 Å². The first-order valence-electron chi connectivity index (χ1n) is 9.50. The SMILES string of the molecule is CCNC(=NCC(O)c1ccc(OC(F)F)cc1)NC1CC1c1ccccc1F.I. The smallest absolute Gasteiger partial charge is 0.387 e. The molecule has 3 atom stereocenters. The van der Waals surface area contributed by atoms with Crippen molar-refractivity contribution in [3.63, 3.8) is 0 Å². The van der Waals surface area contributed by atoms with Crippen molar-refractivity contribution in [2.45, 2.75) is 38.0 Å². The van der Waals surface area contributed by atoms with Crippen LogP contribution in [0.4, 0.5) is 13.2 Å². The second-order valence-electron chi connectivity index (χ2n) is 6.80. The molecule has 0 radical (unpaired) electrons. The highest BCUT2D eigenvalue weighted by Crippen LogP contribution is 2.41. The lowest BCUT2D eigenvalue weighted by molar-refractivity contribution is -0.0498. The van der Waals surface area contributed by atoms with Gasteiger partial charge in [0.05, 0.1) is 12.6 Å². The molecule has 1 saturated carbocycles. The van der Waals surface area contributed by atoms with Crippen molar-refractivity contribution in [1.82, 2.24) is 10.6 Å². The van der Waals surface area contributed by atoms with Crippen LogP contribution in [0.15, 0.2) is 53.5 Å². The number of rotatable bonds is 8. The van der Waals surface area contributed by atoms with Crippen LogP contribution in [0, 0.1) is 5.82 Å². The van der Waals surface area contributed by atoms with E-state index in [4.69, 9.17) is 0 Å². The summed E-state index contributed by atoms with van der Waals surface area (Å²) in [6, 6.07) is 12.6. The van der Waals surface area contributed by atoms with Gasteiger partial charge >= 0.3 is 6.61 Å². The van der Waals surface area contributed by atoms with Crippen molar-refractivity contribution in [3.8, 4) is 5.75 Å². The first-order valence-corrected chi connectivity index (χ1v) is 9.50. The Morgan fingerprint density at radius 2 is 1.90 bits per heavy atom. The summed E-state index contributed by atoms with van der Waals surface area (Å²) in [5.41, 5.74) is 1.23. The van der Waals surface area contributed by atoms with E-state index in [1.165, 1.54) is 30.3 Å². The monoisotopic (exact) mass is 535 g/mol. The maximum atomic E-state index is 13.9. The molecule has 0 saturated heterocycles.